The van der Waals surface area contributed by atoms with Gasteiger partial charge < -0.3 is 15.6 Å². The quantitative estimate of drug-likeness (QED) is 0.320. The van der Waals surface area contributed by atoms with Crippen LogP contribution in [0.2, 0.25) is 0 Å². The molecule has 0 saturated heterocycles. The number of nitrogens with two attached hydrogens (primary N) is 1. The van der Waals surface area contributed by atoms with Crippen LogP contribution >= 0.6 is 24.0 Å². The number of hydrogen-bond acceptors (Lipinski definition) is 2. The molecule has 1 aromatic heterocycles. The van der Waals surface area contributed by atoms with E-state index in [1.165, 1.54) is 29.5 Å². The van der Waals surface area contributed by atoms with Gasteiger partial charge in [0.05, 0.1) is 0 Å². The first kappa shape index (κ1) is 20.4. The van der Waals surface area contributed by atoms with Gasteiger partial charge >= 0.3 is 0 Å². The molecule has 0 atom stereocenters. The molecule has 0 spiro atoms. The van der Waals surface area contributed by atoms with Crippen LogP contribution in [0.25, 0.3) is 0 Å². The van der Waals surface area contributed by atoms with Crippen molar-refractivity contribution >= 4 is 35.6 Å². The topological polar surface area (TPSA) is 68.2 Å². The number of imidazole rings is 1. The van der Waals surface area contributed by atoms with E-state index in [9.17, 15) is 0 Å². The van der Waals surface area contributed by atoms with Gasteiger partial charge in [0, 0.05) is 24.6 Å². The third kappa shape index (κ3) is 4.92. The molecule has 146 valence electrons. The number of nitrogens with one attached hydrogen (secondary N) is 1. The Labute approximate surface area is 183 Å². The first-order chi connectivity index (χ1) is 13.3. The Hall–Kier alpha value is -2.35. The lowest BCUT2D eigenvalue weighted by atomic mass is 9.90. The van der Waals surface area contributed by atoms with Crippen LogP contribution in [0.5, 0.6) is 0 Å². The van der Waals surface area contributed by atoms with Gasteiger partial charge in [0.15, 0.2) is 5.96 Å². The summed E-state index contributed by atoms with van der Waals surface area (Å²) in [6, 6.07) is 16.7. The highest BCUT2D eigenvalue weighted by Crippen LogP contribution is 2.27. The summed E-state index contributed by atoms with van der Waals surface area (Å²) >= 11 is 0. The van der Waals surface area contributed by atoms with E-state index in [1.54, 1.807) is 0 Å². The van der Waals surface area contributed by atoms with E-state index in [2.05, 4.69) is 50.2 Å². The molecule has 5 nitrogen and oxygen atoms in total. The number of guanidine groups is 1. The number of hydrogen-bond donors (Lipinski definition) is 2. The predicted molar refractivity (Wildman–Crippen MR) is 125 cm³/mol. The van der Waals surface area contributed by atoms with E-state index >= 15 is 0 Å². The maximum absolute atomic E-state index is 6.16. The number of rotatable bonds is 5. The largest absolute Gasteiger partial charge is 0.370 e. The zero-order valence-corrected chi connectivity index (χ0v) is 18.2. The molecule has 3 N–H and O–H groups in total. The molecule has 4 rings (SSSR count). The van der Waals surface area contributed by atoms with E-state index in [4.69, 9.17) is 5.73 Å². The number of nitrogens with zero attached hydrogens (tertiary/aromatic N) is 3. The molecule has 0 amide bonds. The molecule has 1 aliphatic rings. The number of halogens is 1. The van der Waals surface area contributed by atoms with E-state index in [0.717, 1.165) is 30.9 Å². The Balaban J connectivity index is 0.00000225. The second-order valence-electron chi connectivity index (χ2n) is 6.93. The highest BCUT2D eigenvalue weighted by Gasteiger charge is 2.13. The van der Waals surface area contributed by atoms with Crippen LogP contribution in [0.15, 0.2) is 65.9 Å². The zero-order chi connectivity index (χ0) is 18.5. The molecular formula is C22H26IN5. The van der Waals surface area contributed by atoms with Crippen LogP contribution in [0.4, 0.5) is 5.69 Å². The molecule has 0 unspecified atom stereocenters. The number of anilines is 1. The van der Waals surface area contributed by atoms with Gasteiger partial charge in [-0.3, -0.25) is 0 Å². The van der Waals surface area contributed by atoms with E-state index in [0.29, 0.717) is 12.5 Å². The number of aryl methyl sites for hydroxylation is 1. The molecule has 0 saturated carbocycles. The molecule has 28 heavy (non-hydrogen) atoms. The van der Waals surface area contributed by atoms with Crippen molar-refractivity contribution < 1.29 is 0 Å². The Kier molecular flexibility index (Phi) is 7.08. The van der Waals surface area contributed by atoms with Crippen LogP contribution < -0.4 is 11.1 Å². The van der Waals surface area contributed by atoms with Crippen LogP contribution in [-0.4, -0.2) is 15.5 Å². The summed E-state index contributed by atoms with van der Waals surface area (Å²) in [5, 5.41) is 3.29. The highest BCUT2D eigenvalue weighted by atomic mass is 127. The maximum Gasteiger partial charge on any atom is 0.193 e. The van der Waals surface area contributed by atoms with Crippen molar-refractivity contribution in [2.75, 3.05) is 5.32 Å². The van der Waals surface area contributed by atoms with Crippen LogP contribution in [0.1, 0.15) is 35.4 Å². The lowest BCUT2D eigenvalue weighted by Gasteiger charge is -2.19. The van der Waals surface area contributed by atoms with Gasteiger partial charge in [-0.15, -0.1) is 24.0 Å². The summed E-state index contributed by atoms with van der Waals surface area (Å²) in [5.74, 6) is 1.34. The third-order valence-corrected chi connectivity index (χ3v) is 5.05. The molecule has 6 heteroatoms. The van der Waals surface area contributed by atoms with Crippen LogP contribution in [0.3, 0.4) is 0 Å². The van der Waals surface area contributed by atoms with Gasteiger partial charge in [-0.2, -0.15) is 0 Å². The smallest absolute Gasteiger partial charge is 0.193 e. The van der Waals surface area contributed by atoms with Gasteiger partial charge in [0.1, 0.15) is 12.4 Å². The lowest BCUT2D eigenvalue weighted by Crippen LogP contribution is -2.24. The summed E-state index contributed by atoms with van der Waals surface area (Å²) in [5.41, 5.74) is 11.3. The Bertz CT molecular complexity index is 933. The summed E-state index contributed by atoms with van der Waals surface area (Å²) in [6.45, 7) is 1.24. The minimum absolute atomic E-state index is 0. The minimum Gasteiger partial charge on any atom is -0.370 e. The van der Waals surface area contributed by atoms with Crippen molar-refractivity contribution in [3.8, 4) is 0 Å². The monoisotopic (exact) mass is 487 g/mol. The Morgan fingerprint density at radius 3 is 2.75 bits per heavy atom. The average Bonchev–Trinajstić information content (AvgIpc) is 3.14. The third-order valence-electron chi connectivity index (χ3n) is 5.05. The van der Waals surface area contributed by atoms with Gasteiger partial charge in [-0.1, -0.05) is 42.5 Å². The Morgan fingerprint density at radius 2 is 1.89 bits per heavy atom. The first-order valence-corrected chi connectivity index (χ1v) is 9.51. The molecule has 0 aliphatic heterocycles. The molecule has 0 bridgehead atoms. The van der Waals surface area contributed by atoms with Crippen molar-refractivity contribution in [3.05, 3.63) is 83.4 Å². The average molecular weight is 487 g/mol. The number of aromatic nitrogens is 2. The van der Waals surface area contributed by atoms with Crippen molar-refractivity contribution in [2.24, 2.45) is 10.7 Å². The van der Waals surface area contributed by atoms with E-state index in [-0.39, 0.29) is 24.0 Å². The van der Waals surface area contributed by atoms with Crippen molar-refractivity contribution in [1.29, 1.82) is 0 Å². The van der Waals surface area contributed by atoms with Crippen molar-refractivity contribution in [3.63, 3.8) is 0 Å². The molecule has 2 aromatic carbocycles. The SMILES string of the molecule is I.NC(=NCc1nccn1Cc1ccccc1)Nc1cccc2c1CCCC2. The minimum atomic E-state index is 0. The zero-order valence-electron chi connectivity index (χ0n) is 15.8. The summed E-state index contributed by atoms with van der Waals surface area (Å²) in [4.78, 5) is 8.95. The second kappa shape index (κ2) is 9.73. The fraction of sp³-hybridized carbons (Fsp3) is 0.273. The van der Waals surface area contributed by atoms with Crippen LogP contribution in [0, 0.1) is 0 Å². The first-order valence-electron chi connectivity index (χ1n) is 9.51. The summed E-state index contributed by atoms with van der Waals surface area (Å²) in [6.07, 6.45) is 8.55. The fourth-order valence-corrected chi connectivity index (χ4v) is 3.65. The number of benzene rings is 2. The lowest BCUT2D eigenvalue weighted by molar-refractivity contribution is 0.687. The van der Waals surface area contributed by atoms with Gasteiger partial charge in [-0.05, 0) is 48.4 Å². The molecule has 1 aliphatic carbocycles. The number of aliphatic imine (C=N–C) groups is 1. The molecular weight excluding hydrogens is 461 g/mol. The van der Waals surface area contributed by atoms with E-state index in [1.807, 2.05) is 30.6 Å². The maximum atomic E-state index is 6.16. The van der Waals surface area contributed by atoms with Gasteiger partial charge in [-0.25, -0.2) is 9.98 Å². The fourth-order valence-electron chi connectivity index (χ4n) is 3.65. The van der Waals surface area contributed by atoms with E-state index < -0.39 is 0 Å². The normalized spacial score (nSPS) is 13.5. The van der Waals surface area contributed by atoms with Crippen LogP contribution in [-0.2, 0) is 25.9 Å². The van der Waals surface area contributed by atoms with Crippen molar-refractivity contribution in [2.45, 2.75) is 38.8 Å². The molecule has 3 aromatic rings. The standard InChI is InChI=1S/C22H25N5.HI/c23-22(26-20-12-6-10-18-9-4-5-11-19(18)20)25-15-21-24-13-14-27(21)16-17-7-2-1-3-8-17;/h1-3,6-8,10,12-14H,4-5,9,11,15-16H2,(H3,23,25,26);1H. The Morgan fingerprint density at radius 1 is 1.07 bits per heavy atom. The molecule has 0 radical (unpaired) electrons. The highest BCUT2D eigenvalue weighted by molar-refractivity contribution is 14.0. The number of fused-ring (bicyclic) bond motifs is 1. The van der Waals surface area contributed by atoms with Gasteiger partial charge in [0.25, 0.3) is 0 Å². The molecule has 0 fully saturated rings. The summed E-state index contributed by atoms with van der Waals surface area (Å²) in [7, 11) is 0. The second-order valence-corrected chi connectivity index (χ2v) is 6.93. The summed E-state index contributed by atoms with van der Waals surface area (Å²) < 4.78 is 2.11. The van der Waals surface area contributed by atoms with Gasteiger partial charge in [0.2, 0.25) is 0 Å². The van der Waals surface area contributed by atoms with Crippen molar-refractivity contribution in [1.82, 2.24) is 9.55 Å². The molecule has 1 heterocycles. The predicted octanol–water partition coefficient (Wildman–Crippen LogP) is 4.36.